The van der Waals surface area contributed by atoms with Crippen molar-refractivity contribution in [3.8, 4) is 11.5 Å². The van der Waals surface area contributed by atoms with Crippen LogP contribution in [-0.4, -0.2) is 40.2 Å². The van der Waals surface area contributed by atoms with Crippen molar-refractivity contribution in [3.05, 3.63) is 59.7 Å². The van der Waals surface area contributed by atoms with E-state index in [-0.39, 0.29) is 48.5 Å². The van der Waals surface area contributed by atoms with Crippen molar-refractivity contribution in [1.29, 1.82) is 0 Å². The molecule has 0 unspecified atom stereocenters. The van der Waals surface area contributed by atoms with E-state index in [4.69, 9.17) is 0 Å². The second-order valence-electron chi connectivity index (χ2n) is 6.77. The monoisotopic (exact) mass is 600 g/mol. The van der Waals surface area contributed by atoms with Gasteiger partial charge in [0.1, 0.15) is 11.5 Å². The quantitative estimate of drug-likeness (QED) is 0.246. The third-order valence-corrected chi connectivity index (χ3v) is 6.32. The Morgan fingerprint density at radius 3 is 1.05 bits per heavy atom. The first-order chi connectivity index (χ1) is 16.4. The fourth-order valence-electron chi connectivity index (χ4n) is 2.89. The Hall–Kier alpha value is -2.90. The molecular formula is C17H8F12O6S2. The highest BCUT2D eigenvalue weighted by Gasteiger charge is 2.72. The summed E-state index contributed by atoms with van der Waals surface area (Å²) in [5, 5.41) is 0. The molecule has 2 aromatic rings. The van der Waals surface area contributed by atoms with E-state index in [1.165, 1.54) is 0 Å². The zero-order chi connectivity index (χ0) is 28.9. The molecule has 37 heavy (non-hydrogen) atoms. The van der Waals surface area contributed by atoms with E-state index >= 15 is 0 Å². The predicted molar refractivity (Wildman–Crippen MR) is 97.0 cm³/mol. The van der Waals surface area contributed by atoms with Crippen LogP contribution in [0, 0.1) is 0 Å². The second kappa shape index (κ2) is 9.14. The predicted octanol–water partition coefficient (Wildman–Crippen LogP) is 5.55. The average molecular weight is 600 g/mol. The summed E-state index contributed by atoms with van der Waals surface area (Å²) < 4.78 is 212. The summed E-state index contributed by atoms with van der Waals surface area (Å²) in [7, 11) is -13.1. The summed E-state index contributed by atoms with van der Waals surface area (Å²) in [4.78, 5) is 0. The lowest BCUT2D eigenvalue weighted by atomic mass is 9.73. The molecule has 0 aliphatic carbocycles. The minimum Gasteiger partial charge on any atom is -0.376 e. The van der Waals surface area contributed by atoms with Crippen molar-refractivity contribution in [1.82, 2.24) is 0 Å². The highest BCUT2D eigenvalue weighted by atomic mass is 32.2. The fraction of sp³-hybridized carbons (Fsp3) is 0.294. The van der Waals surface area contributed by atoms with Crippen LogP contribution in [0.1, 0.15) is 11.1 Å². The van der Waals surface area contributed by atoms with Gasteiger partial charge < -0.3 is 8.37 Å². The molecular weight excluding hydrogens is 592 g/mol. The van der Waals surface area contributed by atoms with Gasteiger partial charge in [-0.15, -0.1) is 0 Å². The molecule has 0 bridgehead atoms. The smallest absolute Gasteiger partial charge is 0.376 e. The zero-order valence-corrected chi connectivity index (χ0v) is 18.6. The van der Waals surface area contributed by atoms with E-state index < -0.39 is 71.6 Å². The second-order valence-corrected chi connectivity index (χ2v) is 9.84. The number of halogens is 12. The average Bonchev–Trinajstić information content (AvgIpc) is 2.64. The van der Waals surface area contributed by atoms with E-state index in [9.17, 15) is 69.5 Å². The van der Waals surface area contributed by atoms with Crippen molar-refractivity contribution in [2.24, 2.45) is 0 Å². The first kappa shape index (κ1) is 30.3. The maximum Gasteiger partial charge on any atom is 0.534 e. The standard InChI is InChI=1S/C17H8F12O6S2/c18-14(19,20)13(15(21,22)23,9-3-1-5-11(7-9)34-36(30,31)16(24,25)26)10-4-2-6-12(8-10)35-37(32,33)17(27,28)29/h1-8H. The molecule has 0 atom stereocenters. The summed E-state index contributed by atoms with van der Waals surface area (Å²) in [5.74, 6) is -3.28. The Balaban J connectivity index is 2.84. The summed E-state index contributed by atoms with van der Waals surface area (Å²) in [6.07, 6.45) is -12.9. The maximum absolute atomic E-state index is 14.2. The van der Waals surface area contributed by atoms with Crippen molar-refractivity contribution >= 4 is 20.2 Å². The molecule has 0 aromatic heterocycles. The van der Waals surface area contributed by atoms with Crippen molar-refractivity contribution < 1.29 is 77.9 Å². The molecule has 0 saturated carbocycles. The third-order valence-electron chi connectivity index (χ3n) is 4.36. The van der Waals surface area contributed by atoms with Crippen LogP contribution < -0.4 is 8.37 Å². The molecule has 0 amide bonds. The van der Waals surface area contributed by atoms with E-state index in [0.29, 0.717) is 0 Å². The summed E-state index contributed by atoms with van der Waals surface area (Å²) >= 11 is 0. The number of hydrogen-bond acceptors (Lipinski definition) is 6. The molecule has 208 valence electrons. The van der Waals surface area contributed by atoms with Gasteiger partial charge in [-0.25, -0.2) is 0 Å². The first-order valence-electron chi connectivity index (χ1n) is 8.73. The topological polar surface area (TPSA) is 86.7 Å². The summed E-state index contributed by atoms with van der Waals surface area (Å²) in [5.41, 5.74) is -21.5. The Morgan fingerprint density at radius 2 is 0.811 bits per heavy atom. The Morgan fingerprint density at radius 1 is 0.514 bits per heavy atom. The molecule has 0 fully saturated rings. The molecule has 2 rings (SSSR count). The number of benzene rings is 2. The van der Waals surface area contributed by atoms with Crippen LogP contribution in [0.2, 0.25) is 0 Å². The minimum absolute atomic E-state index is 0.0635. The molecule has 0 spiro atoms. The van der Waals surface area contributed by atoms with Gasteiger partial charge in [-0.3, -0.25) is 0 Å². The van der Waals surface area contributed by atoms with E-state index in [1.54, 1.807) is 0 Å². The van der Waals surface area contributed by atoms with Crippen LogP contribution in [0.4, 0.5) is 52.7 Å². The largest absolute Gasteiger partial charge is 0.534 e. The lowest BCUT2D eigenvalue weighted by Crippen LogP contribution is -2.54. The van der Waals surface area contributed by atoms with Gasteiger partial charge in [0.25, 0.3) is 0 Å². The van der Waals surface area contributed by atoms with Gasteiger partial charge in [-0.1, -0.05) is 24.3 Å². The van der Waals surface area contributed by atoms with Gasteiger partial charge in [-0.05, 0) is 35.4 Å². The highest BCUT2D eigenvalue weighted by Crippen LogP contribution is 2.57. The van der Waals surface area contributed by atoms with Crippen LogP contribution in [0.15, 0.2) is 48.5 Å². The molecule has 20 heteroatoms. The van der Waals surface area contributed by atoms with Crippen LogP contribution in [0.25, 0.3) is 0 Å². The van der Waals surface area contributed by atoms with Crippen molar-refractivity contribution in [2.75, 3.05) is 0 Å². The molecule has 2 aromatic carbocycles. The molecule has 0 radical (unpaired) electrons. The minimum atomic E-state index is -6.55. The van der Waals surface area contributed by atoms with Crippen LogP contribution >= 0.6 is 0 Å². The van der Waals surface area contributed by atoms with Gasteiger partial charge >= 0.3 is 43.6 Å². The van der Waals surface area contributed by atoms with E-state index in [1.807, 2.05) is 0 Å². The SMILES string of the molecule is O=S(=O)(Oc1cccc(C(c2cccc(OS(=O)(=O)C(F)(F)F)c2)(C(F)(F)F)C(F)(F)F)c1)C(F)(F)F. The van der Waals surface area contributed by atoms with Gasteiger partial charge in [0.15, 0.2) is 0 Å². The maximum atomic E-state index is 14.2. The molecule has 0 heterocycles. The third kappa shape index (κ3) is 5.68. The number of alkyl halides is 12. The van der Waals surface area contributed by atoms with Crippen LogP contribution in [-0.2, 0) is 25.7 Å². The molecule has 6 nitrogen and oxygen atoms in total. The summed E-state index contributed by atoms with van der Waals surface area (Å²) in [6, 6.07) is 0.546. The van der Waals surface area contributed by atoms with E-state index in [2.05, 4.69) is 8.37 Å². The van der Waals surface area contributed by atoms with Crippen LogP contribution in [0.3, 0.4) is 0 Å². The van der Waals surface area contributed by atoms with Gasteiger partial charge in [0, 0.05) is 0 Å². The Bertz CT molecular complexity index is 1250. The van der Waals surface area contributed by atoms with Gasteiger partial charge in [0.05, 0.1) is 0 Å². The van der Waals surface area contributed by atoms with Gasteiger partial charge in [-0.2, -0.15) is 69.5 Å². The fourth-order valence-corrected chi connectivity index (χ4v) is 3.80. The van der Waals surface area contributed by atoms with Crippen LogP contribution in [0.5, 0.6) is 11.5 Å². The normalized spacial score (nSPS) is 14.4. The lowest BCUT2D eigenvalue weighted by Gasteiger charge is -2.38. The molecule has 0 aliphatic rings. The molecule has 0 saturated heterocycles. The molecule has 0 N–H and O–H groups in total. The molecule has 0 aliphatic heterocycles. The Kier molecular flexibility index (Phi) is 7.49. The van der Waals surface area contributed by atoms with Gasteiger partial charge in [0.2, 0.25) is 5.41 Å². The number of hydrogen-bond donors (Lipinski definition) is 0. The number of rotatable bonds is 6. The zero-order valence-electron chi connectivity index (χ0n) is 16.9. The van der Waals surface area contributed by atoms with Crippen molar-refractivity contribution in [3.63, 3.8) is 0 Å². The van der Waals surface area contributed by atoms with Crippen molar-refractivity contribution in [2.45, 2.75) is 28.8 Å². The Labute approximate surface area is 198 Å². The summed E-state index contributed by atoms with van der Waals surface area (Å²) in [6.45, 7) is 0. The first-order valence-corrected chi connectivity index (χ1v) is 11.5. The van der Waals surface area contributed by atoms with E-state index in [0.717, 1.165) is 0 Å². The lowest BCUT2D eigenvalue weighted by molar-refractivity contribution is -0.288. The highest BCUT2D eigenvalue weighted by molar-refractivity contribution is 7.88.